The van der Waals surface area contributed by atoms with Gasteiger partial charge < -0.3 is 5.32 Å². The van der Waals surface area contributed by atoms with Gasteiger partial charge in [0.25, 0.3) is 5.91 Å². The van der Waals surface area contributed by atoms with Crippen molar-refractivity contribution in [2.45, 2.75) is 45.1 Å². The molecule has 19 heavy (non-hydrogen) atoms. The molecule has 2 atom stereocenters. The summed E-state index contributed by atoms with van der Waals surface area (Å²) in [5, 5.41) is 3.11. The first-order valence-corrected chi connectivity index (χ1v) is 7.67. The predicted octanol–water partition coefficient (Wildman–Crippen LogP) is 4.29. The summed E-state index contributed by atoms with van der Waals surface area (Å²) in [5.41, 5.74) is 0.502. The SMILES string of the molecule is CCC1CCCCC1NC(=O)c1ccc(F)cc1Br. The van der Waals surface area contributed by atoms with E-state index in [0.717, 1.165) is 12.8 Å². The standard InChI is InChI=1S/C15H19BrFNO/c1-2-10-5-3-4-6-14(10)18-15(19)12-8-7-11(17)9-13(12)16/h7-10,14H,2-6H2,1H3,(H,18,19). The molecule has 2 nitrogen and oxygen atoms in total. The maximum Gasteiger partial charge on any atom is 0.252 e. The van der Waals surface area contributed by atoms with Crippen LogP contribution in [0.1, 0.15) is 49.4 Å². The van der Waals surface area contributed by atoms with Crippen molar-refractivity contribution in [1.82, 2.24) is 5.32 Å². The molecule has 0 saturated heterocycles. The van der Waals surface area contributed by atoms with Crippen molar-refractivity contribution in [3.63, 3.8) is 0 Å². The van der Waals surface area contributed by atoms with Crippen LogP contribution in [0.2, 0.25) is 0 Å². The first-order valence-electron chi connectivity index (χ1n) is 6.87. The maximum absolute atomic E-state index is 13.0. The number of carbonyl (C=O) groups is 1. The molecular weight excluding hydrogens is 309 g/mol. The molecule has 1 aromatic rings. The van der Waals surface area contributed by atoms with Crippen LogP contribution in [0.4, 0.5) is 4.39 Å². The van der Waals surface area contributed by atoms with Crippen LogP contribution >= 0.6 is 15.9 Å². The number of nitrogens with one attached hydrogen (secondary N) is 1. The maximum atomic E-state index is 13.0. The molecule has 0 aliphatic heterocycles. The smallest absolute Gasteiger partial charge is 0.252 e. The van der Waals surface area contributed by atoms with E-state index in [9.17, 15) is 9.18 Å². The summed E-state index contributed by atoms with van der Waals surface area (Å²) >= 11 is 3.24. The van der Waals surface area contributed by atoms with Crippen LogP contribution < -0.4 is 5.32 Å². The van der Waals surface area contributed by atoms with E-state index in [1.165, 1.54) is 37.5 Å². The zero-order chi connectivity index (χ0) is 13.8. The molecule has 4 heteroatoms. The van der Waals surface area contributed by atoms with E-state index in [1.54, 1.807) is 0 Å². The molecule has 0 heterocycles. The van der Waals surface area contributed by atoms with Crippen molar-refractivity contribution in [3.8, 4) is 0 Å². The Morgan fingerprint density at radius 1 is 1.42 bits per heavy atom. The number of halogens is 2. The Balaban J connectivity index is 2.07. The molecule has 1 aliphatic carbocycles. The van der Waals surface area contributed by atoms with Gasteiger partial charge in [-0.2, -0.15) is 0 Å². The molecule has 0 radical (unpaired) electrons. The van der Waals surface area contributed by atoms with Crippen LogP contribution in [-0.2, 0) is 0 Å². The molecule has 2 unspecified atom stereocenters. The van der Waals surface area contributed by atoms with Crippen molar-refractivity contribution < 1.29 is 9.18 Å². The largest absolute Gasteiger partial charge is 0.349 e. The van der Waals surface area contributed by atoms with Gasteiger partial charge in [0.2, 0.25) is 0 Å². The topological polar surface area (TPSA) is 29.1 Å². The van der Waals surface area contributed by atoms with Gasteiger partial charge in [0.15, 0.2) is 0 Å². The molecule has 1 saturated carbocycles. The second-order valence-electron chi connectivity index (χ2n) is 5.16. The Hall–Kier alpha value is -0.900. The van der Waals surface area contributed by atoms with Crippen LogP contribution in [0.25, 0.3) is 0 Å². The molecule has 0 spiro atoms. The molecular formula is C15H19BrFNO. The summed E-state index contributed by atoms with van der Waals surface area (Å²) in [6.07, 6.45) is 5.75. The van der Waals surface area contributed by atoms with E-state index < -0.39 is 0 Å². The Morgan fingerprint density at radius 2 is 2.16 bits per heavy atom. The average Bonchev–Trinajstić information content (AvgIpc) is 2.39. The molecule has 1 fully saturated rings. The van der Waals surface area contributed by atoms with Gasteiger partial charge in [-0.3, -0.25) is 4.79 Å². The lowest BCUT2D eigenvalue weighted by Gasteiger charge is -2.31. The van der Waals surface area contributed by atoms with Crippen LogP contribution in [0, 0.1) is 11.7 Å². The summed E-state index contributed by atoms with van der Waals surface area (Å²) < 4.78 is 13.5. The highest BCUT2D eigenvalue weighted by Gasteiger charge is 2.25. The quantitative estimate of drug-likeness (QED) is 0.881. The molecule has 0 aromatic heterocycles. The van der Waals surface area contributed by atoms with E-state index in [0.29, 0.717) is 16.0 Å². The van der Waals surface area contributed by atoms with Gasteiger partial charge >= 0.3 is 0 Å². The predicted molar refractivity (Wildman–Crippen MR) is 77.6 cm³/mol. The molecule has 1 aliphatic rings. The van der Waals surface area contributed by atoms with E-state index in [1.807, 2.05) is 0 Å². The molecule has 1 N–H and O–H groups in total. The van der Waals surface area contributed by atoms with Crippen molar-refractivity contribution in [2.24, 2.45) is 5.92 Å². The van der Waals surface area contributed by atoms with Gasteiger partial charge in [0, 0.05) is 10.5 Å². The fourth-order valence-electron chi connectivity index (χ4n) is 2.81. The Kier molecular flexibility index (Phi) is 4.97. The third-order valence-corrected chi connectivity index (χ3v) is 4.58. The number of amides is 1. The Labute approximate surface area is 121 Å². The first-order chi connectivity index (χ1) is 9.11. The van der Waals surface area contributed by atoms with Gasteiger partial charge in [-0.05, 0) is 52.9 Å². The minimum atomic E-state index is -0.340. The monoisotopic (exact) mass is 327 g/mol. The van der Waals surface area contributed by atoms with Crippen LogP contribution in [-0.4, -0.2) is 11.9 Å². The number of hydrogen-bond donors (Lipinski definition) is 1. The van der Waals surface area contributed by atoms with E-state index >= 15 is 0 Å². The Bertz CT molecular complexity index is 463. The summed E-state index contributed by atoms with van der Waals surface area (Å²) in [7, 11) is 0. The highest BCUT2D eigenvalue weighted by atomic mass is 79.9. The normalized spacial score (nSPS) is 23.1. The average molecular weight is 328 g/mol. The lowest BCUT2D eigenvalue weighted by Crippen LogP contribution is -2.42. The van der Waals surface area contributed by atoms with Crippen molar-refractivity contribution in [1.29, 1.82) is 0 Å². The minimum absolute atomic E-state index is 0.114. The number of rotatable bonds is 3. The van der Waals surface area contributed by atoms with Crippen LogP contribution in [0.15, 0.2) is 22.7 Å². The van der Waals surface area contributed by atoms with Gasteiger partial charge in [-0.15, -0.1) is 0 Å². The zero-order valence-electron chi connectivity index (χ0n) is 11.1. The summed E-state index contributed by atoms with van der Waals surface area (Å²) in [5.74, 6) is 0.113. The number of carbonyl (C=O) groups excluding carboxylic acids is 1. The van der Waals surface area contributed by atoms with Gasteiger partial charge in [-0.1, -0.05) is 26.2 Å². The molecule has 1 aromatic carbocycles. The molecule has 1 amide bonds. The molecule has 0 bridgehead atoms. The second kappa shape index (κ2) is 6.51. The zero-order valence-corrected chi connectivity index (χ0v) is 12.7. The second-order valence-corrected chi connectivity index (χ2v) is 6.01. The molecule has 2 rings (SSSR count). The highest BCUT2D eigenvalue weighted by molar-refractivity contribution is 9.10. The number of hydrogen-bond acceptors (Lipinski definition) is 1. The first kappa shape index (κ1) is 14.5. The van der Waals surface area contributed by atoms with Crippen molar-refractivity contribution in [3.05, 3.63) is 34.1 Å². The fraction of sp³-hybridized carbons (Fsp3) is 0.533. The minimum Gasteiger partial charge on any atom is -0.349 e. The van der Waals surface area contributed by atoms with Crippen molar-refractivity contribution in [2.75, 3.05) is 0 Å². The highest BCUT2D eigenvalue weighted by Crippen LogP contribution is 2.27. The third-order valence-electron chi connectivity index (χ3n) is 3.93. The van der Waals surface area contributed by atoms with Gasteiger partial charge in [0.05, 0.1) is 5.56 Å². The van der Waals surface area contributed by atoms with Crippen LogP contribution in [0.5, 0.6) is 0 Å². The van der Waals surface area contributed by atoms with Gasteiger partial charge in [-0.25, -0.2) is 4.39 Å². The summed E-state index contributed by atoms with van der Waals surface area (Å²) in [6.45, 7) is 2.17. The van der Waals surface area contributed by atoms with E-state index in [4.69, 9.17) is 0 Å². The molecule has 104 valence electrons. The van der Waals surface area contributed by atoms with Gasteiger partial charge in [0.1, 0.15) is 5.82 Å². The lowest BCUT2D eigenvalue weighted by atomic mass is 9.83. The Morgan fingerprint density at radius 3 is 2.84 bits per heavy atom. The summed E-state index contributed by atoms with van der Waals surface area (Å²) in [6, 6.07) is 4.42. The number of benzene rings is 1. The van der Waals surface area contributed by atoms with E-state index in [2.05, 4.69) is 28.2 Å². The van der Waals surface area contributed by atoms with Crippen LogP contribution in [0.3, 0.4) is 0 Å². The van der Waals surface area contributed by atoms with Crippen molar-refractivity contribution >= 4 is 21.8 Å². The third kappa shape index (κ3) is 3.56. The summed E-state index contributed by atoms with van der Waals surface area (Å²) in [4.78, 5) is 12.2. The fourth-order valence-corrected chi connectivity index (χ4v) is 3.34. The van der Waals surface area contributed by atoms with E-state index in [-0.39, 0.29) is 17.8 Å². The lowest BCUT2D eigenvalue weighted by molar-refractivity contribution is 0.0904.